The molecule has 6 nitrogen and oxygen atoms in total. The van der Waals surface area contributed by atoms with Crippen molar-refractivity contribution >= 4 is 10.0 Å². The number of imidazole rings is 1. The van der Waals surface area contributed by atoms with Crippen molar-refractivity contribution in [2.45, 2.75) is 24.8 Å². The molecule has 1 aliphatic rings. The van der Waals surface area contributed by atoms with Gasteiger partial charge in [-0.1, -0.05) is 0 Å². The molecular formula is C11H20N4O2S. The van der Waals surface area contributed by atoms with Crippen LogP contribution in [-0.4, -0.2) is 49.4 Å². The number of nitrogens with zero attached hydrogens (tertiary/aromatic N) is 2. The van der Waals surface area contributed by atoms with E-state index in [2.05, 4.69) is 15.3 Å². The Morgan fingerprint density at radius 1 is 1.56 bits per heavy atom. The van der Waals surface area contributed by atoms with Gasteiger partial charge >= 0.3 is 0 Å². The lowest BCUT2D eigenvalue weighted by Gasteiger charge is -2.26. The third-order valence-electron chi connectivity index (χ3n) is 3.28. The molecule has 2 rings (SSSR count). The zero-order valence-corrected chi connectivity index (χ0v) is 11.6. The van der Waals surface area contributed by atoms with Crippen LogP contribution in [0.15, 0.2) is 11.2 Å². The highest BCUT2D eigenvalue weighted by Gasteiger charge is 2.26. The Morgan fingerprint density at radius 3 is 2.89 bits per heavy atom. The number of nitrogens with one attached hydrogen (secondary N) is 2. The number of aromatic amines is 1. The molecule has 0 aromatic carbocycles. The highest BCUT2D eigenvalue weighted by molar-refractivity contribution is 7.89. The maximum atomic E-state index is 12.3. The van der Waals surface area contributed by atoms with Gasteiger partial charge in [-0.2, -0.15) is 4.31 Å². The Kier molecular flexibility index (Phi) is 4.04. The number of piperidine rings is 1. The van der Waals surface area contributed by atoms with E-state index in [0.29, 0.717) is 18.3 Å². The van der Waals surface area contributed by atoms with Crippen molar-refractivity contribution in [2.24, 2.45) is 5.92 Å². The van der Waals surface area contributed by atoms with Gasteiger partial charge < -0.3 is 10.3 Å². The number of sulfonamides is 1. The normalized spacial score (nSPS) is 21.4. The quantitative estimate of drug-likeness (QED) is 0.828. The second-order valence-corrected chi connectivity index (χ2v) is 6.84. The van der Waals surface area contributed by atoms with Gasteiger partial charge in [0.15, 0.2) is 5.03 Å². The summed E-state index contributed by atoms with van der Waals surface area (Å²) in [5, 5.41) is 3.47. The summed E-state index contributed by atoms with van der Waals surface area (Å²) in [7, 11) is -1.80. The summed E-state index contributed by atoms with van der Waals surface area (Å²) in [6.45, 7) is 4.21. The van der Waals surface area contributed by atoms with Gasteiger partial charge in [0.1, 0.15) is 5.82 Å². The fourth-order valence-corrected chi connectivity index (χ4v) is 3.44. The molecule has 7 heteroatoms. The first-order chi connectivity index (χ1) is 8.50. The lowest BCUT2D eigenvalue weighted by atomic mass is 10.00. The Bertz CT molecular complexity index is 491. The average Bonchev–Trinajstić information content (AvgIpc) is 2.78. The summed E-state index contributed by atoms with van der Waals surface area (Å²) < 4.78 is 25.9. The molecule has 102 valence electrons. The van der Waals surface area contributed by atoms with Crippen LogP contribution >= 0.6 is 0 Å². The van der Waals surface area contributed by atoms with Crippen LogP contribution in [0.2, 0.25) is 0 Å². The third kappa shape index (κ3) is 2.90. The second-order valence-electron chi connectivity index (χ2n) is 4.83. The smallest absolute Gasteiger partial charge is 0.259 e. The Morgan fingerprint density at radius 2 is 2.33 bits per heavy atom. The van der Waals surface area contributed by atoms with Gasteiger partial charge in [-0.25, -0.2) is 13.4 Å². The highest BCUT2D eigenvalue weighted by atomic mass is 32.2. The van der Waals surface area contributed by atoms with E-state index >= 15 is 0 Å². The van der Waals surface area contributed by atoms with Gasteiger partial charge in [0.2, 0.25) is 0 Å². The Labute approximate surface area is 108 Å². The highest BCUT2D eigenvalue weighted by Crippen LogP contribution is 2.16. The van der Waals surface area contributed by atoms with Crippen LogP contribution in [-0.2, 0) is 10.0 Å². The van der Waals surface area contributed by atoms with Crippen molar-refractivity contribution in [1.82, 2.24) is 19.6 Å². The monoisotopic (exact) mass is 272 g/mol. The largest absolute Gasteiger partial charge is 0.332 e. The second kappa shape index (κ2) is 5.38. The first-order valence-corrected chi connectivity index (χ1v) is 7.63. The summed E-state index contributed by atoms with van der Waals surface area (Å²) >= 11 is 0. The molecule has 0 amide bonds. The van der Waals surface area contributed by atoms with Crippen molar-refractivity contribution in [1.29, 1.82) is 0 Å². The van der Waals surface area contributed by atoms with E-state index in [-0.39, 0.29) is 5.03 Å². The first-order valence-electron chi connectivity index (χ1n) is 6.19. The van der Waals surface area contributed by atoms with Crippen LogP contribution in [0, 0.1) is 12.8 Å². The summed E-state index contributed by atoms with van der Waals surface area (Å²) in [5.41, 5.74) is 0. The van der Waals surface area contributed by atoms with Gasteiger partial charge in [-0.05, 0) is 38.8 Å². The van der Waals surface area contributed by atoms with Crippen molar-refractivity contribution < 1.29 is 8.42 Å². The van der Waals surface area contributed by atoms with Crippen LogP contribution in [0.3, 0.4) is 0 Å². The molecule has 0 radical (unpaired) electrons. The zero-order valence-electron chi connectivity index (χ0n) is 10.8. The molecule has 1 atom stereocenters. The molecule has 1 aliphatic heterocycles. The van der Waals surface area contributed by atoms with Crippen molar-refractivity contribution in [2.75, 3.05) is 26.7 Å². The molecule has 18 heavy (non-hydrogen) atoms. The molecule has 1 fully saturated rings. The summed E-state index contributed by atoms with van der Waals surface area (Å²) in [6, 6.07) is 0. The van der Waals surface area contributed by atoms with Gasteiger partial charge in [0.25, 0.3) is 10.0 Å². The first kappa shape index (κ1) is 13.5. The lowest BCUT2D eigenvalue weighted by molar-refractivity contribution is 0.314. The number of aromatic nitrogens is 2. The minimum Gasteiger partial charge on any atom is -0.332 e. The number of rotatable bonds is 4. The molecule has 1 aromatic heterocycles. The van der Waals surface area contributed by atoms with Crippen LogP contribution in [0.1, 0.15) is 18.7 Å². The molecule has 0 bridgehead atoms. The third-order valence-corrected chi connectivity index (χ3v) is 5.02. The molecule has 2 N–H and O–H groups in total. The molecule has 2 heterocycles. The summed E-state index contributed by atoms with van der Waals surface area (Å²) in [4.78, 5) is 6.72. The lowest BCUT2D eigenvalue weighted by Crippen LogP contribution is -2.39. The number of hydrogen-bond acceptors (Lipinski definition) is 4. The standard InChI is InChI=1S/C11H20N4O2S/c1-9-13-7-11(14-9)18(16,17)15(2)8-10-4-3-5-12-6-10/h7,10,12H,3-6,8H2,1-2H3,(H,13,14). The van der Waals surface area contributed by atoms with E-state index in [1.807, 2.05) is 0 Å². The van der Waals surface area contributed by atoms with Crippen molar-refractivity contribution in [3.8, 4) is 0 Å². The fourth-order valence-electron chi connectivity index (χ4n) is 2.24. The molecule has 0 spiro atoms. The predicted octanol–water partition coefficient (Wildman–Crippen LogP) is 0.338. The molecule has 1 unspecified atom stereocenters. The van der Waals surface area contributed by atoms with E-state index < -0.39 is 10.0 Å². The van der Waals surface area contributed by atoms with Crippen LogP contribution < -0.4 is 5.32 Å². The summed E-state index contributed by atoms with van der Waals surface area (Å²) in [5.74, 6) is 1.00. The summed E-state index contributed by atoms with van der Waals surface area (Å²) in [6.07, 6.45) is 3.57. The average molecular weight is 272 g/mol. The van der Waals surface area contributed by atoms with Gasteiger partial charge in [-0.3, -0.25) is 0 Å². The van der Waals surface area contributed by atoms with Crippen LogP contribution in [0.5, 0.6) is 0 Å². The maximum absolute atomic E-state index is 12.3. The van der Waals surface area contributed by atoms with Gasteiger partial charge in [-0.15, -0.1) is 0 Å². The number of H-pyrrole nitrogens is 1. The van der Waals surface area contributed by atoms with Crippen LogP contribution in [0.25, 0.3) is 0 Å². The minimum absolute atomic E-state index is 0.172. The van der Waals surface area contributed by atoms with Crippen molar-refractivity contribution in [3.63, 3.8) is 0 Å². The molecule has 0 saturated carbocycles. The maximum Gasteiger partial charge on any atom is 0.259 e. The Hall–Kier alpha value is -0.920. The zero-order chi connectivity index (χ0) is 13.2. The van der Waals surface area contributed by atoms with E-state index in [4.69, 9.17) is 0 Å². The van der Waals surface area contributed by atoms with Gasteiger partial charge in [0, 0.05) is 13.6 Å². The minimum atomic E-state index is -3.43. The number of hydrogen-bond donors (Lipinski definition) is 2. The van der Waals surface area contributed by atoms with E-state index in [9.17, 15) is 8.42 Å². The topological polar surface area (TPSA) is 78.1 Å². The SMILES string of the molecule is Cc1ncc(S(=O)(=O)N(C)CC2CCCNC2)[nH]1. The van der Waals surface area contributed by atoms with E-state index in [0.717, 1.165) is 25.9 Å². The predicted molar refractivity (Wildman–Crippen MR) is 68.7 cm³/mol. The van der Waals surface area contributed by atoms with Gasteiger partial charge in [0.05, 0.1) is 6.20 Å². The number of aryl methyl sites for hydroxylation is 1. The molecule has 0 aliphatic carbocycles. The Balaban J connectivity index is 2.05. The van der Waals surface area contributed by atoms with E-state index in [1.54, 1.807) is 14.0 Å². The fraction of sp³-hybridized carbons (Fsp3) is 0.727. The van der Waals surface area contributed by atoms with Crippen LogP contribution in [0.4, 0.5) is 0 Å². The van der Waals surface area contributed by atoms with Crippen molar-refractivity contribution in [3.05, 3.63) is 12.0 Å². The molecule has 1 aromatic rings. The molecule has 1 saturated heterocycles. The molecular weight excluding hydrogens is 252 g/mol. The van der Waals surface area contributed by atoms with E-state index in [1.165, 1.54) is 10.5 Å².